The van der Waals surface area contributed by atoms with E-state index in [1.54, 1.807) is 0 Å². The highest BCUT2D eigenvalue weighted by molar-refractivity contribution is 5.96. The van der Waals surface area contributed by atoms with Gasteiger partial charge in [-0.15, -0.1) is 0 Å². The van der Waals surface area contributed by atoms with Crippen LogP contribution in [-0.2, 0) is 6.54 Å². The second-order valence-corrected chi connectivity index (χ2v) is 5.76. The first kappa shape index (κ1) is 12.5. The number of benzene rings is 2. The van der Waals surface area contributed by atoms with Crippen LogP contribution < -0.4 is 5.32 Å². The fourth-order valence-electron chi connectivity index (χ4n) is 2.77. The molecule has 1 aromatic heterocycles. The second kappa shape index (κ2) is 5.30. The molecule has 1 N–H and O–H groups in total. The van der Waals surface area contributed by atoms with E-state index >= 15 is 0 Å². The van der Waals surface area contributed by atoms with Gasteiger partial charge in [-0.1, -0.05) is 36.4 Å². The Morgan fingerprint density at radius 1 is 1.05 bits per heavy atom. The molecular weight excluding hydrogens is 256 g/mol. The van der Waals surface area contributed by atoms with Crippen molar-refractivity contribution < 1.29 is 0 Å². The molecule has 104 valence electrons. The van der Waals surface area contributed by atoms with E-state index in [9.17, 15) is 0 Å². The third-order valence-corrected chi connectivity index (χ3v) is 4.09. The van der Waals surface area contributed by atoms with Gasteiger partial charge in [0, 0.05) is 30.4 Å². The summed E-state index contributed by atoms with van der Waals surface area (Å²) in [7, 11) is 0. The Morgan fingerprint density at radius 2 is 1.95 bits per heavy atom. The van der Waals surface area contributed by atoms with Gasteiger partial charge in [-0.3, -0.25) is 4.98 Å². The van der Waals surface area contributed by atoms with Crippen molar-refractivity contribution in [3.8, 4) is 11.1 Å². The van der Waals surface area contributed by atoms with Gasteiger partial charge in [0.25, 0.3) is 0 Å². The third kappa shape index (κ3) is 2.67. The Balaban J connectivity index is 1.72. The molecule has 0 saturated heterocycles. The van der Waals surface area contributed by atoms with E-state index in [1.165, 1.54) is 40.3 Å². The fourth-order valence-corrected chi connectivity index (χ4v) is 2.77. The molecule has 1 aliphatic rings. The number of hydrogen-bond acceptors (Lipinski definition) is 2. The van der Waals surface area contributed by atoms with Crippen molar-refractivity contribution in [3.05, 3.63) is 66.5 Å². The molecule has 1 aliphatic carbocycles. The molecule has 21 heavy (non-hydrogen) atoms. The zero-order chi connectivity index (χ0) is 14.1. The highest BCUT2D eigenvalue weighted by Gasteiger charge is 2.19. The van der Waals surface area contributed by atoms with E-state index in [0.717, 1.165) is 12.6 Å². The van der Waals surface area contributed by atoms with E-state index in [0.29, 0.717) is 0 Å². The smallest absolute Gasteiger partial charge is 0.0346 e. The fraction of sp³-hybridized carbons (Fsp3) is 0.211. The van der Waals surface area contributed by atoms with Gasteiger partial charge in [0.15, 0.2) is 0 Å². The van der Waals surface area contributed by atoms with Crippen LogP contribution in [0.15, 0.2) is 60.9 Å². The summed E-state index contributed by atoms with van der Waals surface area (Å²) in [6.45, 7) is 0.963. The van der Waals surface area contributed by atoms with Crippen LogP contribution >= 0.6 is 0 Å². The summed E-state index contributed by atoms with van der Waals surface area (Å²) in [5, 5.41) is 6.03. The molecule has 0 spiro atoms. The van der Waals surface area contributed by atoms with Crippen molar-refractivity contribution in [1.29, 1.82) is 0 Å². The van der Waals surface area contributed by atoms with E-state index in [-0.39, 0.29) is 0 Å². The van der Waals surface area contributed by atoms with E-state index in [2.05, 4.69) is 58.8 Å². The number of rotatable bonds is 4. The predicted molar refractivity (Wildman–Crippen MR) is 87.0 cm³/mol. The monoisotopic (exact) mass is 274 g/mol. The Bertz CT molecular complexity index is 770. The van der Waals surface area contributed by atoms with Gasteiger partial charge in [0.1, 0.15) is 0 Å². The zero-order valence-corrected chi connectivity index (χ0v) is 11.9. The standard InChI is InChI=1S/C19H18N2/c1-3-14(12-21-17-7-8-17)11-15(4-1)18-6-2-5-16-13-20-10-9-19(16)18/h1-6,9-11,13,17,21H,7-8,12H2. The first-order valence-electron chi connectivity index (χ1n) is 7.55. The molecule has 1 fully saturated rings. The van der Waals surface area contributed by atoms with Crippen LogP contribution in [0.4, 0.5) is 0 Å². The van der Waals surface area contributed by atoms with Gasteiger partial charge in [-0.2, -0.15) is 0 Å². The molecule has 0 unspecified atom stereocenters. The van der Waals surface area contributed by atoms with Crippen molar-refractivity contribution in [2.45, 2.75) is 25.4 Å². The van der Waals surface area contributed by atoms with Crippen LogP contribution in [0.2, 0.25) is 0 Å². The minimum absolute atomic E-state index is 0.747. The van der Waals surface area contributed by atoms with Crippen molar-refractivity contribution >= 4 is 10.8 Å². The zero-order valence-electron chi connectivity index (χ0n) is 11.9. The average Bonchev–Trinajstić information content (AvgIpc) is 3.37. The molecule has 2 aromatic carbocycles. The SMILES string of the molecule is c1cc(CNC2CC2)cc(-c2cccc3cnccc23)c1. The normalized spacial score (nSPS) is 14.5. The Morgan fingerprint density at radius 3 is 2.86 bits per heavy atom. The molecule has 3 aromatic rings. The lowest BCUT2D eigenvalue weighted by Gasteiger charge is -2.09. The van der Waals surface area contributed by atoms with Crippen LogP contribution in [-0.4, -0.2) is 11.0 Å². The Hall–Kier alpha value is -2.19. The Labute approximate surface area is 124 Å². The largest absolute Gasteiger partial charge is 0.310 e. The lowest BCUT2D eigenvalue weighted by atomic mass is 9.98. The molecule has 0 amide bonds. The summed E-state index contributed by atoms with van der Waals surface area (Å²) in [5.41, 5.74) is 3.91. The predicted octanol–water partition coefficient (Wildman–Crippen LogP) is 4.15. The summed E-state index contributed by atoms with van der Waals surface area (Å²) in [6.07, 6.45) is 6.45. The molecule has 2 heteroatoms. The first-order valence-corrected chi connectivity index (χ1v) is 7.55. The maximum Gasteiger partial charge on any atom is 0.0346 e. The summed E-state index contributed by atoms with van der Waals surface area (Å²) in [6, 6.07) is 18.1. The highest BCUT2D eigenvalue weighted by atomic mass is 14.9. The molecule has 0 radical (unpaired) electrons. The number of nitrogens with one attached hydrogen (secondary N) is 1. The van der Waals surface area contributed by atoms with Crippen LogP contribution in [0.3, 0.4) is 0 Å². The maximum absolute atomic E-state index is 4.21. The number of hydrogen-bond donors (Lipinski definition) is 1. The molecular formula is C19H18N2. The van der Waals surface area contributed by atoms with Crippen LogP contribution in [0.5, 0.6) is 0 Å². The van der Waals surface area contributed by atoms with Crippen molar-refractivity contribution in [1.82, 2.24) is 10.3 Å². The van der Waals surface area contributed by atoms with E-state index in [1.807, 2.05) is 12.4 Å². The Kier molecular flexibility index (Phi) is 3.17. The molecule has 1 heterocycles. The maximum atomic E-state index is 4.21. The van der Waals surface area contributed by atoms with Crippen LogP contribution in [0, 0.1) is 0 Å². The van der Waals surface area contributed by atoms with Crippen LogP contribution in [0.1, 0.15) is 18.4 Å². The summed E-state index contributed by atoms with van der Waals surface area (Å²) >= 11 is 0. The number of pyridine rings is 1. The van der Waals surface area contributed by atoms with Crippen molar-refractivity contribution in [2.24, 2.45) is 0 Å². The van der Waals surface area contributed by atoms with Gasteiger partial charge in [-0.05, 0) is 47.1 Å². The quantitative estimate of drug-likeness (QED) is 0.773. The molecule has 1 saturated carbocycles. The second-order valence-electron chi connectivity index (χ2n) is 5.76. The molecule has 0 bridgehead atoms. The lowest BCUT2D eigenvalue weighted by Crippen LogP contribution is -2.15. The average molecular weight is 274 g/mol. The number of nitrogens with zero attached hydrogens (tertiary/aromatic N) is 1. The van der Waals surface area contributed by atoms with Crippen molar-refractivity contribution in [3.63, 3.8) is 0 Å². The lowest BCUT2D eigenvalue weighted by molar-refractivity contribution is 0.688. The van der Waals surface area contributed by atoms with E-state index < -0.39 is 0 Å². The highest BCUT2D eigenvalue weighted by Crippen LogP contribution is 2.28. The minimum Gasteiger partial charge on any atom is -0.310 e. The van der Waals surface area contributed by atoms with Gasteiger partial charge >= 0.3 is 0 Å². The molecule has 4 rings (SSSR count). The van der Waals surface area contributed by atoms with Gasteiger partial charge in [-0.25, -0.2) is 0 Å². The number of aromatic nitrogens is 1. The summed E-state index contributed by atoms with van der Waals surface area (Å²) in [5.74, 6) is 0. The third-order valence-electron chi connectivity index (χ3n) is 4.09. The summed E-state index contributed by atoms with van der Waals surface area (Å²) < 4.78 is 0. The van der Waals surface area contributed by atoms with Crippen molar-refractivity contribution in [2.75, 3.05) is 0 Å². The topological polar surface area (TPSA) is 24.9 Å². The summed E-state index contributed by atoms with van der Waals surface area (Å²) in [4.78, 5) is 4.21. The molecule has 2 nitrogen and oxygen atoms in total. The molecule has 0 aliphatic heterocycles. The molecule has 0 atom stereocenters. The van der Waals surface area contributed by atoms with Crippen LogP contribution in [0.25, 0.3) is 21.9 Å². The first-order chi connectivity index (χ1) is 10.4. The van der Waals surface area contributed by atoms with Gasteiger partial charge in [0.05, 0.1) is 0 Å². The number of fused-ring (bicyclic) bond motifs is 1. The van der Waals surface area contributed by atoms with E-state index in [4.69, 9.17) is 0 Å². The van der Waals surface area contributed by atoms with Gasteiger partial charge < -0.3 is 5.32 Å². The minimum atomic E-state index is 0.747. The van der Waals surface area contributed by atoms with Gasteiger partial charge in [0.2, 0.25) is 0 Å².